The highest BCUT2D eigenvalue weighted by molar-refractivity contribution is 7.13. The van der Waals surface area contributed by atoms with E-state index in [0.717, 1.165) is 10.8 Å². The molecule has 1 aliphatic rings. The SMILES string of the molecule is Cc1csc(NC2(CN)CCC2)n1. The number of rotatable bonds is 3. The summed E-state index contributed by atoms with van der Waals surface area (Å²) in [5, 5.41) is 6.52. The molecule has 0 unspecified atom stereocenters. The van der Waals surface area contributed by atoms with Crippen LogP contribution in [0.4, 0.5) is 5.13 Å². The fraction of sp³-hybridized carbons (Fsp3) is 0.667. The van der Waals surface area contributed by atoms with Crippen molar-refractivity contribution in [3.8, 4) is 0 Å². The molecule has 72 valence electrons. The lowest BCUT2D eigenvalue weighted by molar-refractivity contribution is 0.287. The summed E-state index contributed by atoms with van der Waals surface area (Å²) >= 11 is 1.66. The van der Waals surface area contributed by atoms with E-state index < -0.39 is 0 Å². The summed E-state index contributed by atoms with van der Waals surface area (Å²) in [7, 11) is 0. The van der Waals surface area contributed by atoms with E-state index in [1.807, 2.05) is 6.92 Å². The predicted molar refractivity (Wildman–Crippen MR) is 56.1 cm³/mol. The van der Waals surface area contributed by atoms with Gasteiger partial charge < -0.3 is 11.1 Å². The molecule has 0 bridgehead atoms. The first-order valence-corrected chi connectivity index (χ1v) is 5.52. The van der Waals surface area contributed by atoms with Gasteiger partial charge in [-0.05, 0) is 26.2 Å². The average Bonchev–Trinajstić information content (AvgIpc) is 2.44. The van der Waals surface area contributed by atoms with Gasteiger partial charge in [0.05, 0.1) is 11.2 Å². The van der Waals surface area contributed by atoms with Gasteiger partial charge in [-0.3, -0.25) is 0 Å². The molecule has 0 aromatic carbocycles. The molecule has 1 heterocycles. The Labute approximate surface area is 82.4 Å². The highest BCUT2D eigenvalue weighted by Gasteiger charge is 2.35. The number of hydrogen-bond acceptors (Lipinski definition) is 4. The fourth-order valence-electron chi connectivity index (χ4n) is 1.62. The largest absolute Gasteiger partial charge is 0.355 e. The lowest BCUT2D eigenvalue weighted by Crippen LogP contribution is -2.51. The minimum atomic E-state index is 0.157. The van der Waals surface area contributed by atoms with Crippen LogP contribution < -0.4 is 11.1 Å². The van der Waals surface area contributed by atoms with Crippen LogP contribution in [-0.2, 0) is 0 Å². The van der Waals surface area contributed by atoms with E-state index in [2.05, 4.69) is 15.7 Å². The predicted octanol–water partition coefficient (Wildman–Crippen LogP) is 1.74. The van der Waals surface area contributed by atoms with Gasteiger partial charge >= 0.3 is 0 Å². The van der Waals surface area contributed by atoms with Gasteiger partial charge in [0.25, 0.3) is 0 Å². The van der Waals surface area contributed by atoms with Crippen molar-refractivity contribution >= 4 is 16.5 Å². The average molecular weight is 197 g/mol. The standard InChI is InChI=1S/C9H15N3S/c1-7-5-13-8(11-7)12-9(6-10)3-2-4-9/h5H,2-4,6,10H2,1H3,(H,11,12). The Kier molecular flexibility index (Phi) is 2.26. The maximum Gasteiger partial charge on any atom is 0.183 e. The molecular weight excluding hydrogens is 182 g/mol. The minimum Gasteiger partial charge on any atom is -0.355 e. The topological polar surface area (TPSA) is 50.9 Å². The van der Waals surface area contributed by atoms with Gasteiger partial charge in [0.1, 0.15) is 0 Å². The number of aromatic nitrogens is 1. The first-order valence-electron chi connectivity index (χ1n) is 4.64. The second-order valence-electron chi connectivity index (χ2n) is 3.76. The minimum absolute atomic E-state index is 0.157. The Bertz CT molecular complexity index is 285. The zero-order valence-electron chi connectivity index (χ0n) is 7.84. The molecule has 2 rings (SSSR count). The second kappa shape index (κ2) is 3.27. The fourth-order valence-corrected chi connectivity index (χ4v) is 2.43. The van der Waals surface area contributed by atoms with E-state index in [4.69, 9.17) is 5.73 Å². The van der Waals surface area contributed by atoms with Crippen LogP contribution in [0.25, 0.3) is 0 Å². The molecule has 0 saturated heterocycles. The Morgan fingerprint density at radius 1 is 1.69 bits per heavy atom. The molecule has 0 atom stereocenters. The summed E-state index contributed by atoms with van der Waals surface area (Å²) in [5.74, 6) is 0. The monoisotopic (exact) mass is 197 g/mol. The van der Waals surface area contributed by atoms with Crippen LogP contribution >= 0.6 is 11.3 Å². The van der Waals surface area contributed by atoms with Gasteiger partial charge in [-0.2, -0.15) is 0 Å². The smallest absolute Gasteiger partial charge is 0.183 e. The number of nitrogens with one attached hydrogen (secondary N) is 1. The van der Waals surface area contributed by atoms with E-state index in [-0.39, 0.29) is 5.54 Å². The molecule has 0 spiro atoms. The summed E-state index contributed by atoms with van der Waals surface area (Å²) < 4.78 is 0. The molecule has 3 N–H and O–H groups in total. The number of nitrogens with two attached hydrogens (primary N) is 1. The van der Waals surface area contributed by atoms with E-state index >= 15 is 0 Å². The van der Waals surface area contributed by atoms with Crippen molar-refractivity contribution in [3.63, 3.8) is 0 Å². The first kappa shape index (κ1) is 8.97. The molecule has 4 heteroatoms. The van der Waals surface area contributed by atoms with Crippen molar-refractivity contribution in [2.45, 2.75) is 31.7 Å². The van der Waals surface area contributed by atoms with E-state index in [1.54, 1.807) is 11.3 Å². The van der Waals surface area contributed by atoms with Crippen LogP contribution in [0.1, 0.15) is 25.0 Å². The summed E-state index contributed by atoms with van der Waals surface area (Å²) in [6, 6.07) is 0. The highest BCUT2D eigenvalue weighted by Crippen LogP contribution is 2.35. The van der Waals surface area contributed by atoms with Crippen molar-refractivity contribution in [2.24, 2.45) is 5.73 Å². The molecule has 0 aliphatic heterocycles. The summed E-state index contributed by atoms with van der Waals surface area (Å²) in [4.78, 5) is 4.38. The molecule has 13 heavy (non-hydrogen) atoms. The molecule has 1 aromatic heterocycles. The summed E-state index contributed by atoms with van der Waals surface area (Å²) in [5.41, 5.74) is 6.98. The van der Waals surface area contributed by atoms with Crippen LogP contribution in [0, 0.1) is 6.92 Å². The highest BCUT2D eigenvalue weighted by atomic mass is 32.1. The lowest BCUT2D eigenvalue weighted by atomic mass is 9.77. The number of nitrogens with zero attached hydrogens (tertiary/aromatic N) is 1. The molecule has 0 amide bonds. The van der Waals surface area contributed by atoms with Crippen LogP contribution in [0.2, 0.25) is 0 Å². The third-order valence-corrected chi connectivity index (χ3v) is 3.57. The van der Waals surface area contributed by atoms with E-state index in [9.17, 15) is 0 Å². The van der Waals surface area contributed by atoms with Gasteiger partial charge in [0, 0.05) is 11.9 Å². The molecule has 1 aromatic rings. The summed E-state index contributed by atoms with van der Waals surface area (Å²) in [6.45, 7) is 2.73. The van der Waals surface area contributed by atoms with Crippen molar-refractivity contribution in [2.75, 3.05) is 11.9 Å². The molecule has 1 saturated carbocycles. The van der Waals surface area contributed by atoms with Crippen LogP contribution in [0.3, 0.4) is 0 Å². The Morgan fingerprint density at radius 2 is 2.46 bits per heavy atom. The van der Waals surface area contributed by atoms with Crippen molar-refractivity contribution in [1.82, 2.24) is 4.98 Å². The van der Waals surface area contributed by atoms with Crippen LogP contribution in [-0.4, -0.2) is 17.1 Å². The van der Waals surface area contributed by atoms with Gasteiger partial charge in [-0.25, -0.2) is 4.98 Å². The van der Waals surface area contributed by atoms with Gasteiger partial charge in [-0.1, -0.05) is 0 Å². The third-order valence-electron chi connectivity index (χ3n) is 2.69. The zero-order chi connectivity index (χ0) is 9.31. The van der Waals surface area contributed by atoms with Gasteiger partial charge in [-0.15, -0.1) is 11.3 Å². The maximum atomic E-state index is 5.74. The van der Waals surface area contributed by atoms with Gasteiger partial charge in [0.2, 0.25) is 0 Å². The number of anilines is 1. The molecule has 1 fully saturated rings. The Balaban J connectivity index is 2.04. The van der Waals surface area contributed by atoms with Crippen molar-refractivity contribution < 1.29 is 0 Å². The van der Waals surface area contributed by atoms with Crippen molar-refractivity contribution in [1.29, 1.82) is 0 Å². The molecule has 1 aliphatic carbocycles. The van der Waals surface area contributed by atoms with E-state index in [1.165, 1.54) is 19.3 Å². The third kappa shape index (κ3) is 1.69. The quantitative estimate of drug-likeness (QED) is 0.776. The zero-order valence-corrected chi connectivity index (χ0v) is 8.66. The normalized spacial score (nSPS) is 19.5. The van der Waals surface area contributed by atoms with Crippen LogP contribution in [0.15, 0.2) is 5.38 Å². The molecule has 0 radical (unpaired) electrons. The van der Waals surface area contributed by atoms with E-state index in [0.29, 0.717) is 6.54 Å². The lowest BCUT2D eigenvalue weighted by Gasteiger charge is -2.41. The number of hydrogen-bond donors (Lipinski definition) is 2. The maximum absolute atomic E-state index is 5.74. The summed E-state index contributed by atoms with van der Waals surface area (Å²) in [6.07, 6.45) is 3.65. The first-order chi connectivity index (χ1) is 6.24. The molecular formula is C9H15N3S. The second-order valence-corrected chi connectivity index (χ2v) is 4.62. The number of aryl methyl sites for hydroxylation is 1. The molecule has 3 nitrogen and oxygen atoms in total. The number of thiazole rings is 1. The Morgan fingerprint density at radius 3 is 2.85 bits per heavy atom. The van der Waals surface area contributed by atoms with Crippen molar-refractivity contribution in [3.05, 3.63) is 11.1 Å². The van der Waals surface area contributed by atoms with Crippen LogP contribution in [0.5, 0.6) is 0 Å². The Hall–Kier alpha value is -0.610. The van der Waals surface area contributed by atoms with Gasteiger partial charge in [0.15, 0.2) is 5.13 Å².